The third-order valence-electron chi connectivity index (χ3n) is 3.31. The molecule has 1 amide bonds. The maximum Gasteiger partial charge on any atom is 0.317 e. The zero-order chi connectivity index (χ0) is 14.6. The van der Waals surface area contributed by atoms with Gasteiger partial charge in [-0.1, -0.05) is 6.92 Å². The van der Waals surface area contributed by atoms with Crippen LogP contribution in [0.25, 0.3) is 0 Å². The van der Waals surface area contributed by atoms with Gasteiger partial charge in [0, 0.05) is 13.1 Å². The van der Waals surface area contributed by atoms with Crippen LogP contribution < -0.4 is 0 Å². The van der Waals surface area contributed by atoms with E-state index in [1.54, 1.807) is 14.0 Å². The van der Waals surface area contributed by atoms with Crippen molar-refractivity contribution >= 4 is 21.7 Å². The van der Waals surface area contributed by atoms with Gasteiger partial charge in [-0.25, -0.2) is 8.42 Å². The molecule has 0 bridgehead atoms. The number of aliphatic carboxylic acids is 1. The lowest BCUT2D eigenvalue weighted by Crippen LogP contribution is -2.45. The van der Waals surface area contributed by atoms with Crippen molar-refractivity contribution in [2.45, 2.75) is 19.4 Å². The van der Waals surface area contributed by atoms with Crippen molar-refractivity contribution < 1.29 is 23.1 Å². The highest BCUT2D eigenvalue weighted by Crippen LogP contribution is 2.16. The monoisotopic (exact) mass is 292 g/mol. The molecule has 1 aliphatic heterocycles. The SMILES string of the molecule is CCN(CC(=O)O)CC(=O)N(C)C1CCS(=O)(=O)C1. The van der Waals surface area contributed by atoms with E-state index in [2.05, 4.69) is 0 Å². The van der Waals surface area contributed by atoms with Crippen LogP contribution in [0.1, 0.15) is 13.3 Å². The normalized spacial score (nSPS) is 21.5. The van der Waals surface area contributed by atoms with Gasteiger partial charge in [-0.2, -0.15) is 0 Å². The van der Waals surface area contributed by atoms with Gasteiger partial charge in [0.05, 0.1) is 24.6 Å². The molecular formula is C11H20N2O5S. The molecule has 0 spiro atoms. The van der Waals surface area contributed by atoms with Gasteiger partial charge in [-0.15, -0.1) is 0 Å². The highest BCUT2D eigenvalue weighted by atomic mass is 32.2. The quantitative estimate of drug-likeness (QED) is 0.677. The minimum absolute atomic E-state index is 0.000293. The molecule has 1 N–H and O–H groups in total. The number of carboxylic acid groups (broad SMARTS) is 1. The summed E-state index contributed by atoms with van der Waals surface area (Å²) < 4.78 is 22.7. The topological polar surface area (TPSA) is 95.0 Å². The van der Waals surface area contributed by atoms with Crippen LogP contribution in [0.15, 0.2) is 0 Å². The number of carboxylic acids is 1. The molecule has 19 heavy (non-hydrogen) atoms. The van der Waals surface area contributed by atoms with Crippen LogP contribution in [0.4, 0.5) is 0 Å². The molecule has 0 aliphatic carbocycles. The molecule has 1 rings (SSSR count). The molecule has 110 valence electrons. The van der Waals surface area contributed by atoms with E-state index in [-0.39, 0.29) is 36.5 Å². The number of hydrogen-bond donors (Lipinski definition) is 1. The number of sulfone groups is 1. The number of rotatable bonds is 6. The minimum Gasteiger partial charge on any atom is -0.480 e. The molecule has 1 fully saturated rings. The molecule has 0 saturated carbocycles. The van der Waals surface area contributed by atoms with Crippen LogP contribution >= 0.6 is 0 Å². The number of likely N-dealkylation sites (N-methyl/N-ethyl adjacent to an activating group) is 2. The van der Waals surface area contributed by atoms with Crippen LogP contribution in [-0.4, -0.2) is 79.4 Å². The van der Waals surface area contributed by atoms with Crippen molar-refractivity contribution in [1.29, 1.82) is 0 Å². The van der Waals surface area contributed by atoms with Crippen LogP contribution in [0.5, 0.6) is 0 Å². The summed E-state index contributed by atoms with van der Waals surface area (Å²) in [5.41, 5.74) is 0. The average Bonchev–Trinajstić information content (AvgIpc) is 2.67. The predicted molar refractivity (Wildman–Crippen MR) is 69.6 cm³/mol. The third-order valence-corrected chi connectivity index (χ3v) is 5.06. The van der Waals surface area contributed by atoms with Crippen LogP contribution in [0, 0.1) is 0 Å². The number of carbonyl (C=O) groups is 2. The summed E-state index contributed by atoms with van der Waals surface area (Å²) in [6.07, 6.45) is 0.454. The van der Waals surface area contributed by atoms with E-state index < -0.39 is 15.8 Å². The van der Waals surface area contributed by atoms with Gasteiger partial charge < -0.3 is 10.0 Å². The summed E-state index contributed by atoms with van der Waals surface area (Å²) in [5, 5.41) is 8.70. The number of amides is 1. The first-order valence-electron chi connectivity index (χ1n) is 6.15. The molecule has 1 saturated heterocycles. The van der Waals surface area contributed by atoms with Gasteiger partial charge >= 0.3 is 5.97 Å². The molecule has 0 aromatic rings. The fourth-order valence-electron chi connectivity index (χ4n) is 2.06. The number of nitrogens with zero attached hydrogens (tertiary/aromatic N) is 2. The second-order valence-corrected chi connectivity index (χ2v) is 6.99. The lowest BCUT2D eigenvalue weighted by molar-refractivity contribution is -0.139. The smallest absolute Gasteiger partial charge is 0.317 e. The lowest BCUT2D eigenvalue weighted by atomic mass is 10.2. The maximum atomic E-state index is 12.0. The van der Waals surface area contributed by atoms with E-state index in [1.165, 1.54) is 9.80 Å². The average molecular weight is 292 g/mol. The highest BCUT2D eigenvalue weighted by molar-refractivity contribution is 7.91. The van der Waals surface area contributed by atoms with Crippen molar-refractivity contribution in [1.82, 2.24) is 9.80 Å². The summed E-state index contributed by atoms with van der Waals surface area (Å²) in [7, 11) is -1.46. The Balaban J connectivity index is 2.55. The van der Waals surface area contributed by atoms with E-state index in [0.717, 1.165) is 0 Å². The molecule has 1 aliphatic rings. The summed E-state index contributed by atoms with van der Waals surface area (Å²) in [5.74, 6) is -1.12. The Kier molecular flexibility index (Phi) is 5.30. The lowest BCUT2D eigenvalue weighted by Gasteiger charge is -2.26. The molecule has 8 heteroatoms. The number of hydrogen-bond acceptors (Lipinski definition) is 5. The molecular weight excluding hydrogens is 272 g/mol. The van der Waals surface area contributed by atoms with Gasteiger partial charge in [0.15, 0.2) is 9.84 Å². The van der Waals surface area contributed by atoms with Crippen LogP contribution in [-0.2, 0) is 19.4 Å². The van der Waals surface area contributed by atoms with Gasteiger partial charge in [-0.05, 0) is 13.0 Å². The summed E-state index contributed by atoms with van der Waals surface area (Å²) in [6, 6.07) is -0.291. The summed E-state index contributed by atoms with van der Waals surface area (Å²) in [4.78, 5) is 25.5. The second-order valence-electron chi connectivity index (χ2n) is 4.76. The first kappa shape index (κ1) is 15.9. The standard InChI is InChI=1S/C11H20N2O5S/c1-3-13(7-11(15)16)6-10(14)12(2)9-4-5-19(17,18)8-9/h9H,3-8H2,1-2H3,(H,15,16). The zero-order valence-electron chi connectivity index (χ0n) is 11.2. The molecule has 0 aromatic carbocycles. The van der Waals surface area contributed by atoms with Gasteiger partial charge in [0.1, 0.15) is 0 Å². The summed E-state index contributed by atoms with van der Waals surface area (Å²) in [6.45, 7) is 2.03. The molecule has 7 nitrogen and oxygen atoms in total. The maximum absolute atomic E-state index is 12.0. The molecule has 0 aromatic heterocycles. The van der Waals surface area contributed by atoms with E-state index in [9.17, 15) is 18.0 Å². The van der Waals surface area contributed by atoms with Crippen molar-refractivity contribution in [3.05, 3.63) is 0 Å². The first-order valence-corrected chi connectivity index (χ1v) is 7.97. The Bertz CT molecular complexity index is 448. The Hall–Kier alpha value is -1.15. The van der Waals surface area contributed by atoms with Gasteiger partial charge in [0.2, 0.25) is 5.91 Å². The fraction of sp³-hybridized carbons (Fsp3) is 0.818. The number of carbonyl (C=O) groups excluding carboxylic acids is 1. The van der Waals surface area contributed by atoms with Crippen molar-refractivity contribution in [3.8, 4) is 0 Å². The second kappa shape index (κ2) is 6.33. The van der Waals surface area contributed by atoms with Gasteiger partial charge in [0.25, 0.3) is 0 Å². The third kappa shape index (κ3) is 4.79. The van der Waals surface area contributed by atoms with E-state index in [1.807, 2.05) is 0 Å². The van der Waals surface area contributed by atoms with Crippen LogP contribution in [0.2, 0.25) is 0 Å². The molecule has 1 heterocycles. The van der Waals surface area contributed by atoms with Crippen molar-refractivity contribution in [3.63, 3.8) is 0 Å². The zero-order valence-corrected chi connectivity index (χ0v) is 12.0. The van der Waals surface area contributed by atoms with E-state index in [0.29, 0.717) is 13.0 Å². The van der Waals surface area contributed by atoms with Gasteiger partial charge in [-0.3, -0.25) is 14.5 Å². The molecule has 1 unspecified atom stereocenters. The summed E-state index contributed by atoms with van der Waals surface area (Å²) >= 11 is 0. The first-order chi connectivity index (χ1) is 8.75. The van der Waals surface area contributed by atoms with E-state index in [4.69, 9.17) is 5.11 Å². The van der Waals surface area contributed by atoms with Crippen molar-refractivity contribution in [2.75, 3.05) is 38.2 Å². The Morgan fingerprint density at radius 3 is 2.37 bits per heavy atom. The van der Waals surface area contributed by atoms with Crippen molar-refractivity contribution in [2.24, 2.45) is 0 Å². The minimum atomic E-state index is -3.03. The predicted octanol–water partition coefficient (Wildman–Crippen LogP) is -0.962. The van der Waals surface area contributed by atoms with Crippen LogP contribution in [0.3, 0.4) is 0 Å². The molecule has 0 radical (unpaired) electrons. The Labute approximate surface area is 113 Å². The largest absolute Gasteiger partial charge is 0.480 e. The fourth-order valence-corrected chi connectivity index (χ4v) is 3.83. The van der Waals surface area contributed by atoms with E-state index >= 15 is 0 Å². The Morgan fingerprint density at radius 1 is 1.32 bits per heavy atom. The molecule has 1 atom stereocenters. The highest BCUT2D eigenvalue weighted by Gasteiger charge is 2.33. The Morgan fingerprint density at radius 2 is 1.95 bits per heavy atom.